The molecule has 2 aromatic carbocycles. The summed E-state index contributed by atoms with van der Waals surface area (Å²) in [5.41, 5.74) is 1.00. The molecule has 0 atom stereocenters. The molecule has 0 aromatic heterocycles. The van der Waals surface area contributed by atoms with Crippen molar-refractivity contribution in [2.75, 3.05) is 5.32 Å². The molecule has 2 nitrogen and oxygen atoms in total. The Hall–Kier alpha value is -2.00. The maximum atomic E-state index is 12.4. The molecule has 102 valence electrons. The van der Waals surface area contributed by atoms with Crippen LogP contribution in [-0.4, -0.2) is 0 Å². The quantitative estimate of drug-likeness (QED) is 0.827. The zero-order chi connectivity index (χ0) is 14.8. The highest BCUT2D eigenvalue weighted by Crippen LogP contribution is 2.31. The van der Waals surface area contributed by atoms with Crippen molar-refractivity contribution in [3.05, 3.63) is 58.1 Å². The Morgan fingerprint density at radius 3 is 2.20 bits per heavy atom. The van der Waals surface area contributed by atoms with Crippen LogP contribution in [0.4, 0.5) is 24.5 Å². The molecule has 0 saturated heterocycles. The van der Waals surface area contributed by atoms with E-state index in [4.69, 9.17) is 5.26 Å². The normalized spacial score (nSPS) is 10.9. The lowest BCUT2D eigenvalue weighted by Gasteiger charge is -2.11. The molecule has 0 aliphatic rings. The van der Waals surface area contributed by atoms with Crippen LogP contribution in [0.3, 0.4) is 0 Å². The number of benzene rings is 2. The van der Waals surface area contributed by atoms with Crippen molar-refractivity contribution in [2.45, 2.75) is 6.18 Å². The minimum absolute atomic E-state index is 0.495. The summed E-state index contributed by atoms with van der Waals surface area (Å²) >= 11 is 3.30. The third-order valence-electron chi connectivity index (χ3n) is 2.59. The summed E-state index contributed by atoms with van der Waals surface area (Å²) in [4.78, 5) is 0. The van der Waals surface area contributed by atoms with E-state index in [1.54, 1.807) is 18.2 Å². The van der Waals surface area contributed by atoms with Crippen LogP contribution in [0.5, 0.6) is 0 Å². The Balaban J connectivity index is 2.21. The maximum absolute atomic E-state index is 12.4. The molecule has 0 aliphatic heterocycles. The van der Waals surface area contributed by atoms with Crippen LogP contribution in [0.1, 0.15) is 11.1 Å². The van der Waals surface area contributed by atoms with E-state index in [-0.39, 0.29) is 0 Å². The molecule has 2 rings (SSSR count). The molecular formula is C14H8BrF3N2. The fourth-order valence-corrected chi connectivity index (χ4v) is 2.06. The summed E-state index contributed by atoms with van der Waals surface area (Å²) in [7, 11) is 0. The number of nitrogens with zero attached hydrogens (tertiary/aromatic N) is 1. The number of anilines is 2. The number of halogens is 4. The van der Waals surface area contributed by atoms with E-state index in [0.29, 0.717) is 21.4 Å². The fourth-order valence-electron chi connectivity index (χ4n) is 1.58. The molecule has 20 heavy (non-hydrogen) atoms. The zero-order valence-electron chi connectivity index (χ0n) is 10.0. The number of nitrogens with one attached hydrogen (secondary N) is 1. The van der Waals surface area contributed by atoms with Crippen LogP contribution < -0.4 is 5.32 Å². The lowest BCUT2D eigenvalue weighted by atomic mass is 10.2. The zero-order valence-corrected chi connectivity index (χ0v) is 11.6. The van der Waals surface area contributed by atoms with Crippen LogP contribution >= 0.6 is 15.9 Å². The molecule has 0 bridgehead atoms. The second-order valence-electron chi connectivity index (χ2n) is 4.01. The first kappa shape index (κ1) is 14.4. The number of alkyl halides is 3. The molecule has 0 unspecified atom stereocenters. The number of rotatable bonds is 2. The van der Waals surface area contributed by atoms with Gasteiger partial charge in [0.2, 0.25) is 0 Å². The van der Waals surface area contributed by atoms with Crippen LogP contribution in [0.2, 0.25) is 0 Å². The van der Waals surface area contributed by atoms with Gasteiger partial charge in [-0.05, 0) is 58.4 Å². The van der Waals surface area contributed by atoms with Gasteiger partial charge in [0.25, 0.3) is 0 Å². The second-order valence-corrected chi connectivity index (χ2v) is 4.86. The van der Waals surface area contributed by atoms with Gasteiger partial charge in [-0.2, -0.15) is 18.4 Å². The molecule has 0 heterocycles. The van der Waals surface area contributed by atoms with Gasteiger partial charge in [-0.25, -0.2) is 0 Å². The van der Waals surface area contributed by atoms with E-state index in [1.807, 2.05) is 6.07 Å². The lowest BCUT2D eigenvalue weighted by molar-refractivity contribution is -0.137. The van der Waals surface area contributed by atoms with Crippen molar-refractivity contribution < 1.29 is 13.2 Å². The van der Waals surface area contributed by atoms with Gasteiger partial charge in [-0.15, -0.1) is 0 Å². The average Bonchev–Trinajstić information content (AvgIpc) is 2.40. The Bertz CT molecular complexity index is 658. The summed E-state index contributed by atoms with van der Waals surface area (Å²) in [6.07, 6.45) is -4.34. The van der Waals surface area contributed by atoms with Crippen molar-refractivity contribution in [1.29, 1.82) is 5.26 Å². The molecular weight excluding hydrogens is 333 g/mol. The van der Waals surface area contributed by atoms with E-state index >= 15 is 0 Å². The average molecular weight is 341 g/mol. The highest BCUT2D eigenvalue weighted by Gasteiger charge is 2.29. The molecule has 6 heteroatoms. The topological polar surface area (TPSA) is 35.8 Å². The Labute approximate surface area is 122 Å². The van der Waals surface area contributed by atoms with Crippen molar-refractivity contribution in [3.63, 3.8) is 0 Å². The number of nitriles is 1. The summed E-state index contributed by atoms with van der Waals surface area (Å²) in [5, 5.41) is 11.7. The third kappa shape index (κ3) is 3.31. The molecule has 1 N–H and O–H groups in total. The van der Waals surface area contributed by atoms with Crippen molar-refractivity contribution in [3.8, 4) is 6.07 Å². The Morgan fingerprint density at radius 2 is 1.70 bits per heavy atom. The summed E-state index contributed by atoms with van der Waals surface area (Å²) in [5.74, 6) is 0. The first-order valence-corrected chi connectivity index (χ1v) is 6.33. The van der Waals surface area contributed by atoms with Gasteiger partial charge in [-0.3, -0.25) is 0 Å². The van der Waals surface area contributed by atoms with Crippen LogP contribution in [0.15, 0.2) is 46.9 Å². The summed E-state index contributed by atoms with van der Waals surface area (Å²) in [6, 6.07) is 11.7. The van der Waals surface area contributed by atoms with E-state index in [9.17, 15) is 13.2 Å². The predicted molar refractivity (Wildman–Crippen MR) is 73.6 cm³/mol. The first-order chi connectivity index (χ1) is 9.40. The van der Waals surface area contributed by atoms with E-state index < -0.39 is 11.7 Å². The fraction of sp³-hybridized carbons (Fsp3) is 0.0714. The monoisotopic (exact) mass is 340 g/mol. The molecule has 0 saturated carbocycles. The Morgan fingerprint density at radius 1 is 1.05 bits per heavy atom. The minimum atomic E-state index is -4.34. The predicted octanol–water partition coefficient (Wildman–Crippen LogP) is 5.08. The second kappa shape index (κ2) is 5.55. The van der Waals surface area contributed by atoms with Crippen molar-refractivity contribution in [1.82, 2.24) is 0 Å². The molecule has 0 aliphatic carbocycles. The smallest absolute Gasteiger partial charge is 0.355 e. The van der Waals surface area contributed by atoms with E-state index in [2.05, 4.69) is 21.2 Å². The third-order valence-corrected chi connectivity index (χ3v) is 3.25. The maximum Gasteiger partial charge on any atom is 0.416 e. The van der Waals surface area contributed by atoms with Gasteiger partial charge in [0.15, 0.2) is 0 Å². The van der Waals surface area contributed by atoms with Gasteiger partial charge < -0.3 is 5.32 Å². The highest BCUT2D eigenvalue weighted by molar-refractivity contribution is 9.10. The first-order valence-electron chi connectivity index (χ1n) is 5.54. The van der Waals surface area contributed by atoms with Crippen LogP contribution in [0, 0.1) is 11.3 Å². The molecule has 0 fully saturated rings. The van der Waals surface area contributed by atoms with Crippen molar-refractivity contribution in [2.24, 2.45) is 0 Å². The van der Waals surface area contributed by atoms with E-state index in [0.717, 1.165) is 12.1 Å². The molecule has 0 radical (unpaired) electrons. The number of hydrogen-bond donors (Lipinski definition) is 1. The standard InChI is InChI=1S/C14H8BrF3N2/c15-12-7-9(8-19)1-6-13(12)20-11-4-2-10(3-5-11)14(16,17)18/h1-7,20H. The Kier molecular flexibility index (Phi) is 4.00. The van der Waals surface area contributed by atoms with Gasteiger partial charge in [0.1, 0.15) is 0 Å². The summed E-state index contributed by atoms with van der Waals surface area (Å²) < 4.78 is 38.0. The molecule has 2 aromatic rings. The van der Waals surface area contributed by atoms with Gasteiger partial charge in [-0.1, -0.05) is 0 Å². The van der Waals surface area contributed by atoms with Crippen LogP contribution in [-0.2, 0) is 6.18 Å². The largest absolute Gasteiger partial charge is 0.416 e. The highest BCUT2D eigenvalue weighted by atomic mass is 79.9. The van der Waals surface area contributed by atoms with Gasteiger partial charge in [0.05, 0.1) is 22.9 Å². The van der Waals surface area contributed by atoms with Gasteiger partial charge in [0, 0.05) is 10.2 Å². The van der Waals surface area contributed by atoms with Crippen LogP contribution in [0.25, 0.3) is 0 Å². The lowest BCUT2D eigenvalue weighted by Crippen LogP contribution is -2.04. The minimum Gasteiger partial charge on any atom is -0.355 e. The van der Waals surface area contributed by atoms with Gasteiger partial charge >= 0.3 is 6.18 Å². The van der Waals surface area contributed by atoms with E-state index in [1.165, 1.54) is 12.1 Å². The SMILES string of the molecule is N#Cc1ccc(Nc2ccc(C(F)(F)F)cc2)c(Br)c1. The molecule has 0 spiro atoms. The van der Waals surface area contributed by atoms with Crippen molar-refractivity contribution >= 4 is 27.3 Å². The molecule has 0 amide bonds. The summed E-state index contributed by atoms with van der Waals surface area (Å²) in [6.45, 7) is 0. The number of hydrogen-bond acceptors (Lipinski definition) is 2.